The quantitative estimate of drug-likeness (QED) is 0.943. The Morgan fingerprint density at radius 2 is 2.40 bits per heavy atom. The molecular weight excluding hydrogens is 272 g/mol. The second-order valence-corrected chi connectivity index (χ2v) is 6.10. The average Bonchev–Trinajstić information content (AvgIpc) is 2.91. The number of aromatic carboxylic acids is 1. The van der Waals surface area contributed by atoms with E-state index in [0.29, 0.717) is 11.3 Å². The fourth-order valence-electron chi connectivity index (χ4n) is 2.75. The first kappa shape index (κ1) is 13.3. The van der Waals surface area contributed by atoms with Gasteiger partial charge in [-0.3, -0.25) is 9.88 Å². The van der Waals surface area contributed by atoms with Crippen LogP contribution in [0.4, 0.5) is 0 Å². The van der Waals surface area contributed by atoms with Crippen LogP contribution in [-0.4, -0.2) is 27.5 Å². The fraction of sp³-hybridized carbons (Fsp3) is 0.333. The van der Waals surface area contributed by atoms with Crippen molar-refractivity contribution in [2.75, 3.05) is 6.54 Å². The molecule has 3 heterocycles. The number of carboxylic acids is 1. The highest BCUT2D eigenvalue weighted by Gasteiger charge is 2.23. The Morgan fingerprint density at radius 1 is 1.55 bits per heavy atom. The van der Waals surface area contributed by atoms with Gasteiger partial charge in [0.05, 0.1) is 11.3 Å². The van der Waals surface area contributed by atoms with Crippen molar-refractivity contribution < 1.29 is 9.90 Å². The van der Waals surface area contributed by atoms with Gasteiger partial charge in [0.15, 0.2) is 0 Å². The zero-order chi connectivity index (χ0) is 14.1. The molecule has 1 N–H and O–H groups in total. The molecule has 0 spiro atoms. The summed E-state index contributed by atoms with van der Waals surface area (Å²) in [7, 11) is 0. The Morgan fingerprint density at radius 3 is 3.10 bits per heavy atom. The minimum atomic E-state index is -0.862. The van der Waals surface area contributed by atoms with E-state index in [-0.39, 0.29) is 0 Å². The van der Waals surface area contributed by atoms with Crippen molar-refractivity contribution in [1.29, 1.82) is 0 Å². The molecule has 0 saturated heterocycles. The van der Waals surface area contributed by atoms with Crippen molar-refractivity contribution in [1.82, 2.24) is 9.88 Å². The van der Waals surface area contributed by atoms with Crippen LogP contribution in [0.3, 0.4) is 0 Å². The molecule has 0 amide bonds. The monoisotopic (exact) mass is 288 g/mol. The molecule has 0 fully saturated rings. The summed E-state index contributed by atoms with van der Waals surface area (Å²) < 4.78 is 0. The van der Waals surface area contributed by atoms with Crippen molar-refractivity contribution in [3.8, 4) is 0 Å². The number of carboxylic acid groups (broad SMARTS) is 1. The SMILES string of the molecule is Cc1ncc2c(c1C(=O)O)CCN(Cc1cccs1)C2. The normalized spacial score (nSPS) is 15.1. The van der Waals surface area contributed by atoms with Crippen LogP contribution in [0.15, 0.2) is 23.7 Å². The molecule has 1 aliphatic heterocycles. The number of rotatable bonds is 3. The van der Waals surface area contributed by atoms with E-state index in [4.69, 9.17) is 0 Å². The molecule has 0 aromatic carbocycles. The van der Waals surface area contributed by atoms with E-state index in [2.05, 4.69) is 27.4 Å². The number of aromatic nitrogens is 1. The van der Waals surface area contributed by atoms with Crippen molar-refractivity contribution >= 4 is 17.3 Å². The van der Waals surface area contributed by atoms with Gasteiger partial charge in [-0.2, -0.15) is 0 Å². The van der Waals surface area contributed by atoms with Crippen LogP contribution in [0.1, 0.15) is 32.1 Å². The van der Waals surface area contributed by atoms with E-state index < -0.39 is 5.97 Å². The van der Waals surface area contributed by atoms with Crippen LogP contribution in [0.5, 0.6) is 0 Å². The number of carbonyl (C=O) groups is 1. The van der Waals surface area contributed by atoms with Gasteiger partial charge in [-0.15, -0.1) is 11.3 Å². The Balaban J connectivity index is 1.85. The van der Waals surface area contributed by atoms with Crippen LogP contribution in [0.25, 0.3) is 0 Å². The molecule has 1 aliphatic rings. The van der Waals surface area contributed by atoms with Gasteiger partial charge in [0, 0.05) is 30.7 Å². The summed E-state index contributed by atoms with van der Waals surface area (Å²) in [6, 6.07) is 4.20. The molecule has 5 heteroatoms. The van der Waals surface area contributed by atoms with Gasteiger partial charge in [0.1, 0.15) is 0 Å². The number of hydrogen-bond acceptors (Lipinski definition) is 4. The largest absolute Gasteiger partial charge is 0.478 e. The molecule has 0 atom stereocenters. The van der Waals surface area contributed by atoms with Crippen LogP contribution in [0.2, 0.25) is 0 Å². The lowest BCUT2D eigenvalue weighted by Crippen LogP contribution is -2.31. The fourth-order valence-corrected chi connectivity index (χ4v) is 3.50. The molecule has 104 valence electrons. The zero-order valence-corrected chi connectivity index (χ0v) is 12.1. The molecule has 0 aliphatic carbocycles. The maximum atomic E-state index is 11.4. The Labute approximate surface area is 121 Å². The summed E-state index contributed by atoms with van der Waals surface area (Å²) >= 11 is 1.76. The highest BCUT2D eigenvalue weighted by Crippen LogP contribution is 2.25. The predicted octanol–water partition coefficient (Wildman–Crippen LogP) is 2.71. The molecule has 3 rings (SSSR count). The maximum absolute atomic E-state index is 11.4. The average molecular weight is 288 g/mol. The van der Waals surface area contributed by atoms with Gasteiger partial charge in [-0.05, 0) is 35.9 Å². The number of pyridine rings is 1. The first-order valence-corrected chi connectivity index (χ1v) is 7.48. The minimum absolute atomic E-state index is 0.401. The number of hydrogen-bond donors (Lipinski definition) is 1. The van der Waals surface area contributed by atoms with Crippen molar-refractivity contribution in [2.24, 2.45) is 0 Å². The third-order valence-corrected chi connectivity index (χ3v) is 4.57. The van der Waals surface area contributed by atoms with Gasteiger partial charge in [0.2, 0.25) is 0 Å². The van der Waals surface area contributed by atoms with E-state index in [1.807, 2.05) is 6.20 Å². The maximum Gasteiger partial charge on any atom is 0.337 e. The van der Waals surface area contributed by atoms with Crippen molar-refractivity contribution in [2.45, 2.75) is 26.4 Å². The predicted molar refractivity (Wildman–Crippen MR) is 78.1 cm³/mol. The van der Waals surface area contributed by atoms with Gasteiger partial charge < -0.3 is 5.11 Å². The van der Waals surface area contributed by atoms with E-state index in [1.54, 1.807) is 18.3 Å². The molecule has 20 heavy (non-hydrogen) atoms. The summed E-state index contributed by atoms with van der Waals surface area (Å²) in [6.45, 7) is 4.37. The summed E-state index contributed by atoms with van der Waals surface area (Å²) in [4.78, 5) is 19.3. The lowest BCUT2D eigenvalue weighted by molar-refractivity contribution is 0.0693. The second kappa shape index (κ2) is 5.34. The molecule has 2 aromatic rings. The molecule has 0 saturated carbocycles. The first-order valence-electron chi connectivity index (χ1n) is 6.60. The highest BCUT2D eigenvalue weighted by molar-refractivity contribution is 7.09. The van der Waals surface area contributed by atoms with Crippen molar-refractivity contribution in [3.63, 3.8) is 0 Å². The summed E-state index contributed by atoms with van der Waals surface area (Å²) in [5.74, 6) is -0.862. The Hall–Kier alpha value is -1.72. The number of thiophene rings is 1. The number of aryl methyl sites for hydroxylation is 1. The molecule has 0 radical (unpaired) electrons. The lowest BCUT2D eigenvalue weighted by atomic mass is 9.95. The van der Waals surface area contributed by atoms with Crippen LogP contribution >= 0.6 is 11.3 Å². The van der Waals surface area contributed by atoms with Gasteiger partial charge in [0.25, 0.3) is 0 Å². The van der Waals surface area contributed by atoms with Gasteiger partial charge in [-0.25, -0.2) is 4.79 Å². The first-order chi connectivity index (χ1) is 9.65. The Bertz CT molecular complexity index is 638. The molecule has 0 unspecified atom stereocenters. The topological polar surface area (TPSA) is 53.4 Å². The van der Waals surface area contributed by atoms with Crippen LogP contribution < -0.4 is 0 Å². The number of fused-ring (bicyclic) bond motifs is 1. The third kappa shape index (κ3) is 2.46. The van der Waals surface area contributed by atoms with Crippen molar-refractivity contribution in [3.05, 3.63) is 51.0 Å². The van der Waals surface area contributed by atoms with E-state index in [9.17, 15) is 9.90 Å². The minimum Gasteiger partial charge on any atom is -0.478 e. The summed E-state index contributed by atoms with van der Waals surface area (Å²) in [5.41, 5.74) is 3.03. The zero-order valence-electron chi connectivity index (χ0n) is 11.3. The summed E-state index contributed by atoms with van der Waals surface area (Å²) in [6.07, 6.45) is 2.61. The smallest absolute Gasteiger partial charge is 0.337 e. The molecule has 0 bridgehead atoms. The second-order valence-electron chi connectivity index (χ2n) is 5.07. The summed E-state index contributed by atoms with van der Waals surface area (Å²) in [5, 5.41) is 11.4. The van der Waals surface area contributed by atoms with Gasteiger partial charge >= 0.3 is 5.97 Å². The van der Waals surface area contributed by atoms with E-state index in [0.717, 1.165) is 37.2 Å². The highest BCUT2D eigenvalue weighted by atomic mass is 32.1. The van der Waals surface area contributed by atoms with Crippen LogP contribution in [0, 0.1) is 6.92 Å². The third-order valence-electron chi connectivity index (χ3n) is 3.71. The van der Waals surface area contributed by atoms with Gasteiger partial charge in [-0.1, -0.05) is 6.07 Å². The van der Waals surface area contributed by atoms with Crippen LogP contribution in [-0.2, 0) is 19.5 Å². The number of nitrogens with zero attached hydrogens (tertiary/aromatic N) is 2. The molecule has 2 aromatic heterocycles. The Kier molecular flexibility index (Phi) is 3.54. The van der Waals surface area contributed by atoms with E-state index in [1.165, 1.54) is 4.88 Å². The molecular formula is C15H16N2O2S. The standard InChI is InChI=1S/C15H16N2O2S/c1-10-14(15(18)19)13-4-5-17(8-11(13)7-16-10)9-12-3-2-6-20-12/h2-3,6-7H,4-5,8-9H2,1H3,(H,18,19). The lowest BCUT2D eigenvalue weighted by Gasteiger charge is -2.29. The molecule has 4 nitrogen and oxygen atoms in total. The van der Waals surface area contributed by atoms with E-state index >= 15 is 0 Å².